The molecule has 10 heavy (non-hydrogen) atoms. The third-order valence-electron chi connectivity index (χ3n) is 1.10. The first kappa shape index (κ1) is 7.63. The van der Waals surface area contributed by atoms with Gasteiger partial charge in [-0.2, -0.15) is 0 Å². The van der Waals surface area contributed by atoms with Crippen LogP contribution in [0.4, 0.5) is 0 Å². The Morgan fingerprint density at radius 3 is 3.10 bits per heavy atom. The molecule has 0 saturated carbocycles. The Morgan fingerprint density at radius 1 is 1.80 bits per heavy atom. The molecule has 0 amide bonds. The number of rotatable bonds is 3. The van der Waals surface area contributed by atoms with Gasteiger partial charge in [0.05, 0.1) is 6.33 Å². The van der Waals surface area contributed by atoms with Gasteiger partial charge in [-0.25, -0.2) is 4.98 Å². The zero-order valence-electron chi connectivity index (χ0n) is 5.77. The van der Waals surface area contributed by atoms with Gasteiger partial charge in [-0.05, 0) is 6.92 Å². The lowest BCUT2D eigenvalue weighted by molar-refractivity contribution is 0.0805. The molecule has 0 aliphatic rings. The molecule has 1 unspecified atom stereocenters. The van der Waals surface area contributed by atoms with Crippen molar-refractivity contribution in [2.75, 3.05) is 6.61 Å². The minimum absolute atomic E-state index is 0.201. The SMILES string of the molecule is CCOC(S)n1ccnc1. The number of imidazole rings is 1. The Bertz CT molecular complexity index is 176. The minimum atomic E-state index is -0.201. The Kier molecular flexibility index (Phi) is 2.77. The van der Waals surface area contributed by atoms with Crippen molar-refractivity contribution >= 4 is 12.6 Å². The normalized spacial score (nSPS) is 13.4. The third kappa shape index (κ3) is 1.75. The van der Waals surface area contributed by atoms with Gasteiger partial charge in [-0.15, -0.1) is 12.6 Å². The van der Waals surface area contributed by atoms with Gasteiger partial charge in [0.25, 0.3) is 0 Å². The molecule has 1 atom stereocenters. The van der Waals surface area contributed by atoms with Crippen molar-refractivity contribution < 1.29 is 4.74 Å². The maximum atomic E-state index is 5.17. The molecule has 0 radical (unpaired) electrons. The summed E-state index contributed by atoms with van der Waals surface area (Å²) in [6.45, 7) is 2.59. The highest BCUT2D eigenvalue weighted by Gasteiger charge is 2.00. The summed E-state index contributed by atoms with van der Waals surface area (Å²) in [7, 11) is 0. The second-order valence-corrected chi connectivity index (χ2v) is 2.23. The van der Waals surface area contributed by atoms with Crippen LogP contribution in [0.25, 0.3) is 0 Å². The number of nitrogens with zero attached hydrogens (tertiary/aromatic N) is 2. The first-order valence-electron chi connectivity index (χ1n) is 3.11. The molecular weight excluding hydrogens is 148 g/mol. The molecule has 0 aliphatic carbocycles. The number of thiol groups is 1. The monoisotopic (exact) mass is 158 g/mol. The molecule has 0 bridgehead atoms. The van der Waals surface area contributed by atoms with Crippen LogP contribution in [-0.2, 0) is 4.74 Å². The molecule has 1 aromatic heterocycles. The Balaban J connectivity index is 2.50. The highest BCUT2D eigenvalue weighted by molar-refractivity contribution is 7.80. The van der Waals surface area contributed by atoms with Crippen molar-refractivity contribution in [2.45, 2.75) is 12.5 Å². The summed E-state index contributed by atoms with van der Waals surface area (Å²) in [5.74, 6) is 0. The Morgan fingerprint density at radius 2 is 2.60 bits per heavy atom. The second kappa shape index (κ2) is 3.63. The first-order valence-corrected chi connectivity index (χ1v) is 3.63. The minimum Gasteiger partial charge on any atom is -0.349 e. The summed E-state index contributed by atoms with van der Waals surface area (Å²) >= 11 is 4.17. The van der Waals surface area contributed by atoms with E-state index < -0.39 is 0 Å². The molecule has 0 saturated heterocycles. The lowest BCUT2D eigenvalue weighted by Gasteiger charge is -2.10. The molecule has 0 aliphatic heterocycles. The van der Waals surface area contributed by atoms with Crippen LogP contribution in [0.1, 0.15) is 12.5 Å². The smallest absolute Gasteiger partial charge is 0.180 e. The van der Waals surface area contributed by atoms with Crippen LogP contribution in [0.3, 0.4) is 0 Å². The zero-order chi connectivity index (χ0) is 7.40. The van der Waals surface area contributed by atoms with Gasteiger partial charge in [-0.3, -0.25) is 0 Å². The van der Waals surface area contributed by atoms with Gasteiger partial charge < -0.3 is 9.30 Å². The summed E-state index contributed by atoms with van der Waals surface area (Å²) in [6.07, 6.45) is 5.18. The van der Waals surface area contributed by atoms with Crippen LogP contribution in [0, 0.1) is 0 Å². The summed E-state index contributed by atoms with van der Waals surface area (Å²) in [5.41, 5.74) is -0.201. The molecular formula is C6H10N2OS. The van der Waals surface area contributed by atoms with Crippen LogP contribution in [0.2, 0.25) is 0 Å². The van der Waals surface area contributed by atoms with Crippen molar-refractivity contribution in [3.8, 4) is 0 Å². The predicted octanol–water partition coefficient (Wildman–Crippen LogP) is 1.31. The average molecular weight is 158 g/mol. The molecule has 0 N–H and O–H groups in total. The maximum absolute atomic E-state index is 5.17. The lowest BCUT2D eigenvalue weighted by Crippen LogP contribution is -2.03. The zero-order valence-corrected chi connectivity index (χ0v) is 6.66. The fourth-order valence-electron chi connectivity index (χ4n) is 0.635. The van der Waals surface area contributed by atoms with E-state index in [2.05, 4.69) is 17.6 Å². The van der Waals surface area contributed by atoms with Crippen LogP contribution in [-0.4, -0.2) is 16.2 Å². The van der Waals surface area contributed by atoms with E-state index in [1.807, 2.05) is 13.1 Å². The van der Waals surface area contributed by atoms with Gasteiger partial charge >= 0.3 is 0 Å². The average Bonchev–Trinajstić information content (AvgIpc) is 2.38. The van der Waals surface area contributed by atoms with Gasteiger partial charge in [0, 0.05) is 19.0 Å². The van der Waals surface area contributed by atoms with Crippen LogP contribution < -0.4 is 0 Å². The first-order chi connectivity index (χ1) is 4.84. The Hall–Kier alpha value is -0.480. The van der Waals surface area contributed by atoms with E-state index in [4.69, 9.17) is 4.74 Å². The van der Waals surface area contributed by atoms with E-state index in [9.17, 15) is 0 Å². The number of hydrogen-bond donors (Lipinski definition) is 1. The van der Waals surface area contributed by atoms with Gasteiger partial charge in [0.1, 0.15) is 0 Å². The molecule has 0 spiro atoms. The lowest BCUT2D eigenvalue weighted by atomic mass is 10.8. The molecule has 1 heterocycles. The van der Waals surface area contributed by atoms with Crippen molar-refractivity contribution in [3.63, 3.8) is 0 Å². The molecule has 3 nitrogen and oxygen atoms in total. The summed E-state index contributed by atoms with van der Waals surface area (Å²) in [5, 5.41) is 0. The summed E-state index contributed by atoms with van der Waals surface area (Å²) in [6, 6.07) is 0. The highest BCUT2D eigenvalue weighted by atomic mass is 32.1. The number of ether oxygens (including phenoxy) is 1. The largest absolute Gasteiger partial charge is 0.349 e. The maximum Gasteiger partial charge on any atom is 0.180 e. The molecule has 56 valence electrons. The van der Waals surface area contributed by atoms with E-state index in [-0.39, 0.29) is 5.56 Å². The molecule has 4 heteroatoms. The van der Waals surface area contributed by atoms with Crippen LogP contribution >= 0.6 is 12.6 Å². The fourth-order valence-corrected chi connectivity index (χ4v) is 0.921. The van der Waals surface area contributed by atoms with Crippen LogP contribution in [0.5, 0.6) is 0 Å². The summed E-state index contributed by atoms with van der Waals surface area (Å²) < 4.78 is 6.96. The predicted molar refractivity (Wildman–Crippen MR) is 41.9 cm³/mol. The fraction of sp³-hybridized carbons (Fsp3) is 0.500. The number of aromatic nitrogens is 2. The van der Waals surface area contributed by atoms with Crippen molar-refractivity contribution in [1.82, 2.24) is 9.55 Å². The second-order valence-electron chi connectivity index (χ2n) is 1.79. The van der Waals surface area contributed by atoms with E-state index in [0.717, 1.165) is 0 Å². The van der Waals surface area contributed by atoms with E-state index in [1.165, 1.54) is 0 Å². The quantitative estimate of drug-likeness (QED) is 0.530. The number of hydrogen-bond acceptors (Lipinski definition) is 3. The van der Waals surface area contributed by atoms with E-state index in [0.29, 0.717) is 6.61 Å². The van der Waals surface area contributed by atoms with Crippen LogP contribution in [0.15, 0.2) is 18.7 Å². The van der Waals surface area contributed by atoms with E-state index in [1.54, 1.807) is 17.1 Å². The Labute approximate surface area is 65.4 Å². The van der Waals surface area contributed by atoms with Crippen molar-refractivity contribution in [2.24, 2.45) is 0 Å². The van der Waals surface area contributed by atoms with Crippen molar-refractivity contribution in [1.29, 1.82) is 0 Å². The molecule has 0 aromatic carbocycles. The van der Waals surface area contributed by atoms with Crippen molar-refractivity contribution in [3.05, 3.63) is 18.7 Å². The third-order valence-corrected chi connectivity index (χ3v) is 1.51. The van der Waals surface area contributed by atoms with Gasteiger partial charge in [0.15, 0.2) is 5.56 Å². The van der Waals surface area contributed by atoms with Gasteiger partial charge in [0.2, 0.25) is 0 Å². The topological polar surface area (TPSA) is 27.1 Å². The molecule has 1 aromatic rings. The van der Waals surface area contributed by atoms with E-state index >= 15 is 0 Å². The summed E-state index contributed by atoms with van der Waals surface area (Å²) in [4.78, 5) is 3.86. The standard InChI is InChI=1S/C6H10N2OS/c1-2-9-6(10)8-4-3-7-5-8/h3-6,10H,2H2,1H3. The molecule has 1 rings (SSSR count). The highest BCUT2D eigenvalue weighted by Crippen LogP contribution is 2.10. The van der Waals surface area contributed by atoms with Gasteiger partial charge in [-0.1, -0.05) is 0 Å². The molecule has 0 fully saturated rings.